The van der Waals surface area contributed by atoms with Crippen molar-refractivity contribution in [3.05, 3.63) is 108 Å². The molecule has 1 heterocycles. The van der Waals surface area contributed by atoms with Gasteiger partial charge in [-0.15, -0.1) is 0 Å². The van der Waals surface area contributed by atoms with E-state index in [9.17, 15) is 5.11 Å². The van der Waals surface area contributed by atoms with Crippen LogP contribution in [0, 0.1) is 5.92 Å². The van der Waals surface area contributed by atoms with Gasteiger partial charge in [0.25, 0.3) is 0 Å². The molecule has 1 fully saturated rings. The van der Waals surface area contributed by atoms with E-state index in [0.29, 0.717) is 13.2 Å². The van der Waals surface area contributed by atoms with Crippen molar-refractivity contribution in [2.45, 2.75) is 64.0 Å². The molecule has 1 aliphatic heterocycles. The summed E-state index contributed by atoms with van der Waals surface area (Å²) in [6.45, 7) is 5.20. The molecule has 4 rings (SSSR count). The maximum absolute atomic E-state index is 11.4. The van der Waals surface area contributed by atoms with E-state index in [4.69, 9.17) is 14.2 Å². The van der Waals surface area contributed by atoms with E-state index in [1.165, 1.54) is 0 Å². The Bertz CT molecular complexity index is 947. The topological polar surface area (TPSA) is 47.9 Å². The quantitative estimate of drug-likeness (QED) is 0.458. The van der Waals surface area contributed by atoms with Gasteiger partial charge in [0, 0.05) is 5.92 Å². The summed E-state index contributed by atoms with van der Waals surface area (Å²) in [6, 6.07) is 30.0. The number of hydrogen-bond acceptors (Lipinski definition) is 4. The van der Waals surface area contributed by atoms with Gasteiger partial charge in [0.1, 0.15) is 18.3 Å². The molecule has 0 bridgehead atoms. The fraction of sp³-hybridized carbons (Fsp3) is 0.379. The molecule has 6 atom stereocenters. The van der Waals surface area contributed by atoms with Gasteiger partial charge in [-0.2, -0.15) is 0 Å². The Labute approximate surface area is 197 Å². The Hall–Kier alpha value is -2.50. The van der Waals surface area contributed by atoms with Crippen molar-refractivity contribution in [1.82, 2.24) is 0 Å². The smallest absolute Gasteiger partial charge is 0.117 e. The standard InChI is InChI=1S/C29H34O4/c1-3-25-21(2)27(31-19-22-13-7-4-8-14-22)29(32-20-23-15-9-5-10-16-23)28(33-25)26(30)24-17-11-6-12-18-24/h4-18,21,25-30H,3,19-20H2,1-2H3/t21-,25-,26?,27+,28+,29-/m1/s1. The van der Waals surface area contributed by atoms with Gasteiger partial charge < -0.3 is 19.3 Å². The third-order valence-corrected chi connectivity index (χ3v) is 6.51. The average Bonchev–Trinajstić information content (AvgIpc) is 2.88. The van der Waals surface area contributed by atoms with Gasteiger partial charge in [-0.1, -0.05) is 105 Å². The van der Waals surface area contributed by atoms with E-state index in [1.807, 2.05) is 78.9 Å². The van der Waals surface area contributed by atoms with Crippen LogP contribution >= 0.6 is 0 Å². The maximum Gasteiger partial charge on any atom is 0.117 e. The van der Waals surface area contributed by atoms with Crippen LogP contribution in [0.5, 0.6) is 0 Å². The molecule has 0 aromatic heterocycles. The summed E-state index contributed by atoms with van der Waals surface area (Å²) in [5, 5.41) is 11.4. The van der Waals surface area contributed by atoms with Crippen LogP contribution in [0.4, 0.5) is 0 Å². The molecule has 33 heavy (non-hydrogen) atoms. The molecule has 3 aromatic carbocycles. The number of benzene rings is 3. The zero-order chi connectivity index (χ0) is 23.0. The van der Waals surface area contributed by atoms with E-state index in [-0.39, 0.29) is 18.1 Å². The highest BCUT2D eigenvalue weighted by Crippen LogP contribution is 2.37. The minimum absolute atomic E-state index is 0.0225. The van der Waals surface area contributed by atoms with Gasteiger partial charge in [-0.25, -0.2) is 0 Å². The molecule has 0 aliphatic carbocycles. The van der Waals surface area contributed by atoms with E-state index in [0.717, 1.165) is 23.1 Å². The summed E-state index contributed by atoms with van der Waals surface area (Å²) in [5.41, 5.74) is 3.02. The maximum atomic E-state index is 11.4. The normalized spacial score (nSPS) is 26.1. The van der Waals surface area contributed by atoms with Gasteiger partial charge in [0.2, 0.25) is 0 Å². The van der Waals surface area contributed by atoms with E-state index < -0.39 is 18.3 Å². The predicted octanol–water partition coefficient (Wildman–Crippen LogP) is 5.70. The fourth-order valence-electron chi connectivity index (χ4n) is 4.63. The van der Waals surface area contributed by atoms with Gasteiger partial charge >= 0.3 is 0 Å². The lowest BCUT2D eigenvalue weighted by Gasteiger charge is -2.47. The van der Waals surface area contributed by atoms with Crippen molar-refractivity contribution >= 4 is 0 Å². The van der Waals surface area contributed by atoms with Crippen molar-refractivity contribution < 1.29 is 19.3 Å². The molecule has 4 heteroatoms. The molecular formula is C29H34O4. The van der Waals surface area contributed by atoms with Gasteiger partial charge in [0.05, 0.1) is 25.4 Å². The first-order chi connectivity index (χ1) is 16.2. The summed E-state index contributed by atoms with van der Waals surface area (Å²) < 4.78 is 19.5. The molecule has 1 unspecified atom stereocenters. The SMILES string of the molecule is CC[C@H]1O[C@@H](C(O)c2ccccc2)[C@H](OCc2ccccc2)[C@@H](OCc2ccccc2)[C@@H]1C. The van der Waals surface area contributed by atoms with Gasteiger partial charge in [-0.3, -0.25) is 0 Å². The zero-order valence-electron chi connectivity index (χ0n) is 19.4. The highest BCUT2D eigenvalue weighted by Gasteiger charge is 2.47. The van der Waals surface area contributed by atoms with Crippen molar-refractivity contribution in [3.63, 3.8) is 0 Å². The first-order valence-corrected chi connectivity index (χ1v) is 11.9. The number of rotatable bonds is 9. The van der Waals surface area contributed by atoms with Crippen LogP contribution in [-0.2, 0) is 27.4 Å². The number of ether oxygens (including phenoxy) is 3. The first kappa shape index (κ1) is 23.7. The number of hydrogen-bond donors (Lipinski definition) is 1. The van der Waals surface area contributed by atoms with Crippen molar-refractivity contribution in [3.8, 4) is 0 Å². The molecule has 4 nitrogen and oxygen atoms in total. The van der Waals surface area contributed by atoms with Crippen molar-refractivity contribution in [1.29, 1.82) is 0 Å². The second-order valence-corrected chi connectivity index (χ2v) is 8.78. The van der Waals surface area contributed by atoms with Crippen LogP contribution in [0.2, 0.25) is 0 Å². The number of aliphatic hydroxyl groups excluding tert-OH is 1. The average molecular weight is 447 g/mol. The molecular weight excluding hydrogens is 412 g/mol. The number of aliphatic hydroxyl groups is 1. The lowest BCUT2D eigenvalue weighted by molar-refractivity contribution is -0.253. The molecule has 0 radical (unpaired) electrons. The zero-order valence-corrected chi connectivity index (χ0v) is 19.4. The van der Waals surface area contributed by atoms with Crippen LogP contribution in [0.1, 0.15) is 43.1 Å². The van der Waals surface area contributed by atoms with E-state index in [2.05, 4.69) is 26.0 Å². The first-order valence-electron chi connectivity index (χ1n) is 11.9. The lowest BCUT2D eigenvalue weighted by atomic mass is 9.83. The summed E-state index contributed by atoms with van der Waals surface area (Å²) in [5.74, 6) is 0.124. The molecule has 1 aliphatic rings. The molecule has 3 aromatic rings. The minimum atomic E-state index is -0.809. The Balaban J connectivity index is 1.61. The second kappa shape index (κ2) is 11.6. The molecule has 174 valence electrons. The third-order valence-electron chi connectivity index (χ3n) is 6.51. The van der Waals surface area contributed by atoms with Crippen LogP contribution < -0.4 is 0 Å². The second-order valence-electron chi connectivity index (χ2n) is 8.78. The van der Waals surface area contributed by atoms with Crippen LogP contribution in [0.15, 0.2) is 91.0 Å². The molecule has 0 spiro atoms. The molecule has 1 saturated heterocycles. The van der Waals surface area contributed by atoms with Crippen molar-refractivity contribution in [2.24, 2.45) is 5.92 Å². The summed E-state index contributed by atoms with van der Waals surface area (Å²) in [7, 11) is 0. The summed E-state index contributed by atoms with van der Waals surface area (Å²) in [6.07, 6.45) is -1.14. The predicted molar refractivity (Wildman–Crippen MR) is 130 cm³/mol. The third kappa shape index (κ3) is 5.90. The highest BCUT2D eigenvalue weighted by molar-refractivity contribution is 5.20. The minimum Gasteiger partial charge on any atom is -0.386 e. The van der Waals surface area contributed by atoms with Gasteiger partial charge in [-0.05, 0) is 23.1 Å². The molecule has 0 amide bonds. The van der Waals surface area contributed by atoms with Crippen LogP contribution in [0.25, 0.3) is 0 Å². The Morgan fingerprint density at radius 1 is 0.758 bits per heavy atom. The van der Waals surface area contributed by atoms with E-state index >= 15 is 0 Å². The Morgan fingerprint density at radius 3 is 1.76 bits per heavy atom. The molecule has 1 N–H and O–H groups in total. The summed E-state index contributed by atoms with van der Waals surface area (Å²) in [4.78, 5) is 0. The largest absolute Gasteiger partial charge is 0.386 e. The van der Waals surface area contributed by atoms with E-state index in [1.54, 1.807) is 0 Å². The van der Waals surface area contributed by atoms with Crippen LogP contribution in [-0.4, -0.2) is 29.5 Å². The molecule has 0 saturated carbocycles. The Kier molecular flexibility index (Phi) is 8.30. The Morgan fingerprint density at radius 2 is 1.24 bits per heavy atom. The highest BCUT2D eigenvalue weighted by atomic mass is 16.6. The van der Waals surface area contributed by atoms with Crippen molar-refractivity contribution in [2.75, 3.05) is 0 Å². The van der Waals surface area contributed by atoms with Gasteiger partial charge in [0.15, 0.2) is 0 Å². The fourth-order valence-corrected chi connectivity index (χ4v) is 4.63. The monoisotopic (exact) mass is 446 g/mol. The lowest BCUT2D eigenvalue weighted by Crippen LogP contribution is -2.57. The van der Waals surface area contributed by atoms with Crippen LogP contribution in [0.3, 0.4) is 0 Å². The summed E-state index contributed by atoms with van der Waals surface area (Å²) >= 11 is 0.